The highest BCUT2D eigenvalue weighted by molar-refractivity contribution is 5.75. The molecule has 0 aliphatic carbocycles. The molecule has 7 nitrogen and oxygen atoms in total. The van der Waals surface area contributed by atoms with Crippen LogP contribution in [0.4, 0.5) is 4.79 Å². The van der Waals surface area contributed by atoms with Crippen molar-refractivity contribution in [3.8, 4) is 0 Å². The summed E-state index contributed by atoms with van der Waals surface area (Å²) in [5.41, 5.74) is 0. The molecule has 106 valence electrons. The van der Waals surface area contributed by atoms with Gasteiger partial charge in [-0.05, 0) is 0 Å². The molecular weight excluding hydrogens is 240 g/mol. The normalized spacial score (nSPS) is 11.9. The van der Waals surface area contributed by atoms with Gasteiger partial charge in [0.2, 0.25) is 0 Å². The minimum Gasteiger partial charge on any atom is -0.481 e. The van der Waals surface area contributed by atoms with E-state index in [4.69, 9.17) is 14.6 Å². The summed E-state index contributed by atoms with van der Waals surface area (Å²) in [6, 6.07) is -0.308. The quantitative estimate of drug-likeness (QED) is 0.611. The van der Waals surface area contributed by atoms with Gasteiger partial charge in [0, 0.05) is 33.9 Å². The van der Waals surface area contributed by atoms with Crippen molar-refractivity contribution >= 4 is 12.0 Å². The van der Waals surface area contributed by atoms with Gasteiger partial charge in [-0.3, -0.25) is 4.79 Å². The van der Waals surface area contributed by atoms with Gasteiger partial charge < -0.3 is 24.8 Å². The second-order valence-corrected chi connectivity index (χ2v) is 3.90. The number of methoxy groups -OCH3 is 2. The van der Waals surface area contributed by atoms with E-state index in [9.17, 15) is 9.59 Å². The summed E-state index contributed by atoms with van der Waals surface area (Å²) in [6.45, 7) is 3.36. The van der Waals surface area contributed by atoms with Gasteiger partial charge in [-0.15, -0.1) is 0 Å². The number of nitrogens with zero attached hydrogens (tertiary/aromatic N) is 1. The Morgan fingerprint density at radius 2 is 1.72 bits per heavy atom. The fraction of sp³-hybridized carbons (Fsp3) is 0.818. The predicted molar refractivity (Wildman–Crippen MR) is 65.5 cm³/mol. The third-order valence-electron chi connectivity index (χ3n) is 2.40. The molecule has 0 spiro atoms. The van der Waals surface area contributed by atoms with E-state index >= 15 is 0 Å². The molecule has 0 saturated heterocycles. The van der Waals surface area contributed by atoms with E-state index in [2.05, 4.69) is 5.32 Å². The Bertz CT molecular complexity index is 252. The molecule has 0 heterocycles. The third-order valence-corrected chi connectivity index (χ3v) is 2.40. The second-order valence-electron chi connectivity index (χ2n) is 3.90. The maximum atomic E-state index is 11.8. The Labute approximate surface area is 107 Å². The Hall–Kier alpha value is -1.34. The first-order valence-corrected chi connectivity index (χ1v) is 5.76. The summed E-state index contributed by atoms with van der Waals surface area (Å²) in [5, 5.41) is 11.3. The van der Waals surface area contributed by atoms with Gasteiger partial charge in [0.25, 0.3) is 0 Å². The molecule has 2 amide bonds. The highest BCUT2D eigenvalue weighted by atomic mass is 16.5. The third kappa shape index (κ3) is 7.08. The molecule has 0 rings (SSSR count). The van der Waals surface area contributed by atoms with E-state index in [0.29, 0.717) is 26.3 Å². The monoisotopic (exact) mass is 262 g/mol. The van der Waals surface area contributed by atoms with Crippen LogP contribution in [0.15, 0.2) is 0 Å². The zero-order valence-electron chi connectivity index (χ0n) is 11.1. The summed E-state index contributed by atoms with van der Waals surface area (Å²) in [5.74, 6) is -1.55. The van der Waals surface area contributed by atoms with Gasteiger partial charge in [-0.2, -0.15) is 0 Å². The van der Waals surface area contributed by atoms with Crippen LogP contribution in [0.1, 0.15) is 6.92 Å². The van der Waals surface area contributed by atoms with Crippen molar-refractivity contribution in [2.75, 3.05) is 47.1 Å². The van der Waals surface area contributed by atoms with Crippen LogP contribution >= 0.6 is 0 Å². The van der Waals surface area contributed by atoms with Crippen molar-refractivity contribution in [1.82, 2.24) is 10.2 Å². The van der Waals surface area contributed by atoms with E-state index in [0.717, 1.165) is 0 Å². The van der Waals surface area contributed by atoms with Gasteiger partial charge in [-0.1, -0.05) is 6.92 Å². The number of amides is 2. The number of carboxylic acids is 1. The molecule has 0 bridgehead atoms. The lowest BCUT2D eigenvalue weighted by Gasteiger charge is -2.23. The minimum absolute atomic E-state index is 0.102. The summed E-state index contributed by atoms with van der Waals surface area (Å²) < 4.78 is 9.82. The van der Waals surface area contributed by atoms with Gasteiger partial charge in [0.05, 0.1) is 19.1 Å². The van der Waals surface area contributed by atoms with E-state index in [-0.39, 0.29) is 12.6 Å². The summed E-state index contributed by atoms with van der Waals surface area (Å²) in [4.78, 5) is 23.9. The number of nitrogens with one attached hydrogen (secondary N) is 1. The number of aliphatic carboxylic acids is 1. The first kappa shape index (κ1) is 16.7. The predicted octanol–water partition coefficient (Wildman–Crippen LogP) is 0.0115. The van der Waals surface area contributed by atoms with E-state index in [1.165, 1.54) is 11.8 Å². The molecule has 0 aromatic heterocycles. The molecular formula is C11H22N2O5. The maximum Gasteiger partial charge on any atom is 0.317 e. The first-order valence-electron chi connectivity index (χ1n) is 5.76. The Morgan fingerprint density at radius 1 is 1.22 bits per heavy atom. The van der Waals surface area contributed by atoms with Crippen LogP contribution in [0, 0.1) is 5.92 Å². The lowest BCUT2D eigenvalue weighted by Crippen LogP contribution is -2.45. The zero-order valence-corrected chi connectivity index (χ0v) is 11.1. The molecule has 18 heavy (non-hydrogen) atoms. The number of urea groups is 1. The fourth-order valence-electron chi connectivity index (χ4n) is 1.16. The van der Waals surface area contributed by atoms with Crippen LogP contribution in [0.25, 0.3) is 0 Å². The van der Waals surface area contributed by atoms with Gasteiger partial charge in [0.1, 0.15) is 0 Å². The number of ether oxygens (including phenoxy) is 2. The average molecular weight is 262 g/mol. The van der Waals surface area contributed by atoms with E-state index in [1.54, 1.807) is 14.2 Å². The van der Waals surface area contributed by atoms with Crippen molar-refractivity contribution < 1.29 is 24.2 Å². The number of rotatable bonds is 9. The molecule has 1 unspecified atom stereocenters. The Kier molecular flexibility index (Phi) is 8.95. The molecule has 0 radical (unpaired) electrons. The van der Waals surface area contributed by atoms with Crippen LogP contribution in [0.5, 0.6) is 0 Å². The summed E-state index contributed by atoms with van der Waals surface area (Å²) in [7, 11) is 3.11. The number of hydrogen-bond acceptors (Lipinski definition) is 4. The molecule has 2 N–H and O–H groups in total. The van der Waals surface area contributed by atoms with Crippen LogP contribution in [-0.4, -0.2) is 69.1 Å². The van der Waals surface area contributed by atoms with Crippen LogP contribution < -0.4 is 5.32 Å². The smallest absolute Gasteiger partial charge is 0.317 e. The summed E-state index contributed by atoms with van der Waals surface area (Å²) in [6.07, 6.45) is 0. The van der Waals surface area contributed by atoms with Crippen molar-refractivity contribution in [2.24, 2.45) is 5.92 Å². The number of hydrogen-bond donors (Lipinski definition) is 2. The molecule has 0 aliphatic rings. The minimum atomic E-state index is -0.935. The van der Waals surface area contributed by atoms with E-state index in [1.807, 2.05) is 0 Å². The second kappa shape index (κ2) is 9.67. The van der Waals surface area contributed by atoms with Crippen molar-refractivity contribution in [3.05, 3.63) is 0 Å². The first-order chi connectivity index (χ1) is 8.52. The van der Waals surface area contributed by atoms with Crippen LogP contribution in [0.3, 0.4) is 0 Å². The topological polar surface area (TPSA) is 88.1 Å². The molecule has 0 aromatic rings. The molecule has 0 saturated carbocycles. The molecule has 1 atom stereocenters. The summed E-state index contributed by atoms with van der Waals surface area (Å²) >= 11 is 0. The van der Waals surface area contributed by atoms with E-state index < -0.39 is 11.9 Å². The van der Waals surface area contributed by atoms with Crippen molar-refractivity contribution in [2.45, 2.75) is 6.92 Å². The molecule has 7 heteroatoms. The maximum absolute atomic E-state index is 11.8. The van der Waals surface area contributed by atoms with Crippen molar-refractivity contribution in [1.29, 1.82) is 0 Å². The Balaban J connectivity index is 4.14. The highest BCUT2D eigenvalue weighted by Gasteiger charge is 2.16. The zero-order chi connectivity index (χ0) is 14.0. The molecule has 0 fully saturated rings. The lowest BCUT2D eigenvalue weighted by molar-refractivity contribution is -0.140. The standard InChI is InChI=1S/C11H22N2O5/c1-9(10(14)15)8-12-11(16)13(4-6-17-2)5-7-18-3/h9H,4-8H2,1-3H3,(H,12,16)(H,14,15). The lowest BCUT2D eigenvalue weighted by atomic mass is 10.2. The molecule has 0 aliphatic heterocycles. The number of carboxylic acid groups (broad SMARTS) is 1. The van der Waals surface area contributed by atoms with Gasteiger partial charge in [0.15, 0.2) is 0 Å². The molecule has 0 aromatic carbocycles. The SMILES string of the molecule is COCCN(CCOC)C(=O)NCC(C)C(=O)O. The van der Waals surface area contributed by atoms with Crippen molar-refractivity contribution in [3.63, 3.8) is 0 Å². The van der Waals surface area contributed by atoms with Crippen LogP contribution in [0.2, 0.25) is 0 Å². The fourth-order valence-corrected chi connectivity index (χ4v) is 1.16. The largest absolute Gasteiger partial charge is 0.481 e. The number of carbonyl (C=O) groups excluding carboxylic acids is 1. The van der Waals surface area contributed by atoms with Gasteiger partial charge >= 0.3 is 12.0 Å². The van der Waals surface area contributed by atoms with Gasteiger partial charge in [-0.25, -0.2) is 4.79 Å². The van der Waals surface area contributed by atoms with Crippen LogP contribution in [-0.2, 0) is 14.3 Å². The highest BCUT2D eigenvalue weighted by Crippen LogP contribution is 1.95. The number of carbonyl (C=O) groups is 2. The average Bonchev–Trinajstić information content (AvgIpc) is 2.35. The Morgan fingerprint density at radius 3 is 2.11 bits per heavy atom.